The van der Waals surface area contributed by atoms with E-state index in [1.165, 1.54) is 6.92 Å². The summed E-state index contributed by atoms with van der Waals surface area (Å²) >= 11 is 0. The van der Waals surface area contributed by atoms with Crippen molar-refractivity contribution in [3.05, 3.63) is 24.2 Å². The van der Waals surface area contributed by atoms with Crippen LogP contribution in [0.3, 0.4) is 0 Å². The number of carbonyl (C=O) groups excluding carboxylic acids is 2. The van der Waals surface area contributed by atoms with E-state index < -0.39 is 0 Å². The first-order valence-electron chi connectivity index (χ1n) is 7.19. The highest BCUT2D eigenvalue weighted by molar-refractivity contribution is 5.78. The van der Waals surface area contributed by atoms with Gasteiger partial charge >= 0.3 is 0 Å². The lowest BCUT2D eigenvalue weighted by Crippen LogP contribution is -2.35. The maximum Gasteiger partial charge on any atom is 0.223 e. The minimum absolute atomic E-state index is 0.0170. The summed E-state index contributed by atoms with van der Waals surface area (Å²) in [6.07, 6.45) is 5.40. The van der Waals surface area contributed by atoms with Crippen LogP contribution < -0.4 is 10.6 Å². The van der Waals surface area contributed by atoms with Gasteiger partial charge in [-0.15, -0.1) is 0 Å². The Morgan fingerprint density at radius 2 is 2.00 bits per heavy atom. The molecule has 1 saturated carbocycles. The van der Waals surface area contributed by atoms with E-state index in [-0.39, 0.29) is 17.7 Å². The molecule has 1 heterocycles. The quantitative estimate of drug-likeness (QED) is 0.863. The summed E-state index contributed by atoms with van der Waals surface area (Å²) < 4.78 is 5.19. The van der Waals surface area contributed by atoms with Crippen molar-refractivity contribution in [1.29, 1.82) is 0 Å². The fraction of sp³-hybridized carbons (Fsp3) is 0.600. The summed E-state index contributed by atoms with van der Waals surface area (Å²) in [6.45, 7) is 2.72. The fourth-order valence-electron chi connectivity index (χ4n) is 2.65. The Labute approximate surface area is 119 Å². The normalized spacial score (nSPS) is 22.2. The molecule has 2 rings (SSSR count). The predicted molar refractivity (Wildman–Crippen MR) is 74.7 cm³/mol. The van der Waals surface area contributed by atoms with Gasteiger partial charge in [-0.3, -0.25) is 9.59 Å². The van der Waals surface area contributed by atoms with Crippen molar-refractivity contribution >= 4 is 11.8 Å². The van der Waals surface area contributed by atoms with Gasteiger partial charge in [0.15, 0.2) is 0 Å². The van der Waals surface area contributed by atoms with Crippen molar-refractivity contribution in [2.24, 2.45) is 11.8 Å². The van der Waals surface area contributed by atoms with Crippen LogP contribution in [-0.2, 0) is 16.1 Å². The van der Waals surface area contributed by atoms with Gasteiger partial charge in [0.2, 0.25) is 11.8 Å². The van der Waals surface area contributed by atoms with Gasteiger partial charge in [-0.1, -0.05) is 0 Å². The molecule has 0 saturated heterocycles. The van der Waals surface area contributed by atoms with Crippen LogP contribution in [0.4, 0.5) is 0 Å². The predicted octanol–water partition coefficient (Wildman–Crippen LogP) is 1.84. The minimum atomic E-state index is 0.0170. The average molecular weight is 278 g/mol. The first-order chi connectivity index (χ1) is 9.65. The maximum atomic E-state index is 12.0. The van der Waals surface area contributed by atoms with E-state index in [0.717, 1.165) is 38.0 Å². The van der Waals surface area contributed by atoms with Crippen LogP contribution in [0.15, 0.2) is 22.8 Å². The number of hydrogen-bond donors (Lipinski definition) is 2. The molecule has 1 aromatic heterocycles. The third kappa shape index (κ3) is 4.40. The lowest BCUT2D eigenvalue weighted by molar-refractivity contribution is -0.126. The summed E-state index contributed by atoms with van der Waals surface area (Å²) in [5.74, 6) is 1.51. The van der Waals surface area contributed by atoms with E-state index in [1.807, 2.05) is 12.1 Å². The van der Waals surface area contributed by atoms with E-state index in [0.29, 0.717) is 12.5 Å². The maximum absolute atomic E-state index is 12.0. The SMILES string of the molecule is CC(=O)NCC1CCC(C(=O)NCc2ccco2)CC1. The Hall–Kier alpha value is -1.78. The van der Waals surface area contributed by atoms with Gasteiger partial charge in [0.05, 0.1) is 12.8 Å². The number of rotatable bonds is 5. The third-order valence-electron chi connectivity index (χ3n) is 3.87. The molecule has 2 amide bonds. The van der Waals surface area contributed by atoms with Crippen LogP contribution in [0.5, 0.6) is 0 Å². The lowest BCUT2D eigenvalue weighted by Gasteiger charge is -2.27. The van der Waals surface area contributed by atoms with Crippen LogP contribution >= 0.6 is 0 Å². The first-order valence-corrected chi connectivity index (χ1v) is 7.19. The van der Waals surface area contributed by atoms with Gasteiger partial charge in [0.25, 0.3) is 0 Å². The zero-order valence-electron chi connectivity index (χ0n) is 11.9. The molecule has 20 heavy (non-hydrogen) atoms. The number of carbonyl (C=O) groups is 2. The highest BCUT2D eigenvalue weighted by Gasteiger charge is 2.26. The number of nitrogens with one attached hydrogen (secondary N) is 2. The van der Waals surface area contributed by atoms with Crippen LogP contribution in [0.1, 0.15) is 38.4 Å². The van der Waals surface area contributed by atoms with Gasteiger partial charge in [-0.2, -0.15) is 0 Å². The van der Waals surface area contributed by atoms with E-state index in [9.17, 15) is 9.59 Å². The molecule has 0 radical (unpaired) electrons. The lowest BCUT2D eigenvalue weighted by atomic mass is 9.81. The summed E-state index contributed by atoms with van der Waals surface area (Å²) in [6, 6.07) is 3.67. The van der Waals surface area contributed by atoms with E-state index >= 15 is 0 Å². The average Bonchev–Trinajstić information content (AvgIpc) is 2.96. The molecule has 0 unspecified atom stereocenters. The highest BCUT2D eigenvalue weighted by Crippen LogP contribution is 2.28. The Kier molecular flexibility index (Phi) is 5.21. The molecule has 5 nitrogen and oxygen atoms in total. The largest absolute Gasteiger partial charge is 0.467 e. The van der Waals surface area contributed by atoms with Crippen molar-refractivity contribution in [1.82, 2.24) is 10.6 Å². The summed E-state index contributed by atoms with van der Waals surface area (Å²) in [4.78, 5) is 22.9. The van der Waals surface area contributed by atoms with E-state index in [1.54, 1.807) is 6.26 Å². The molecular weight excluding hydrogens is 256 g/mol. The molecule has 1 fully saturated rings. The Morgan fingerprint density at radius 1 is 1.25 bits per heavy atom. The molecule has 0 atom stereocenters. The highest BCUT2D eigenvalue weighted by atomic mass is 16.3. The van der Waals surface area contributed by atoms with Crippen molar-refractivity contribution in [3.8, 4) is 0 Å². The second kappa shape index (κ2) is 7.12. The molecule has 0 aromatic carbocycles. The molecule has 2 N–H and O–H groups in total. The van der Waals surface area contributed by atoms with Gasteiger partial charge in [0, 0.05) is 19.4 Å². The van der Waals surface area contributed by atoms with Crippen LogP contribution in [0.25, 0.3) is 0 Å². The Bertz CT molecular complexity index is 434. The topological polar surface area (TPSA) is 71.3 Å². The molecule has 1 aromatic rings. The smallest absolute Gasteiger partial charge is 0.223 e. The van der Waals surface area contributed by atoms with Crippen molar-refractivity contribution in [2.75, 3.05) is 6.54 Å². The standard InChI is InChI=1S/C15H22N2O3/c1-11(18)16-9-12-4-6-13(7-5-12)15(19)17-10-14-3-2-8-20-14/h2-3,8,12-13H,4-7,9-10H2,1H3,(H,16,18)(H,17,19). The van der Waals surface area contributed by atoms with E-state index in [2.05, 4.69) is 10.6 Å². The fourth-order valence-corrected chi connectivity index (χ4v) is 2.65. The second-order valence-electron chi connectivity index (χ2n) is 5.45. The molecule has 5 heteroatoms. The number of amides is 2. The zero-order chi connectivity index (χ0) is 14.4. The van der Waals surface area contributed by atoms with Gasteiger partial charge in [0.1, 0.15) is 5.76 Å². The van der Waals surface area contributed by atoms with Gasteiger partial charge < -0.3 is 15.1 Å². The van der Waals surface area contributed by atoms with Crippen LogP contribution in [-0.4, -0.2) is 18.4 Å². The molecule has 1 aliphatic rings. The molecule has 1 aliphatic carbocycles. The first kappa shape index (κ1) is 14.6. The monoisotopic (exact) mass is 278 g/mol. The number of hydrogen-bond acceptors (Lipinski definition) is 3. The molecule has 0 bridgehead atoms. The van der Waals surface area contributed by atoms with Crippen molar-refractivity contribution < 1.29 is 14.0 Å². The Morgan fingerprint density at radius 3 is 2.60 bits per heavy atom. The van der Waals surface area contributed by atoms with Crippen molar-refractivity contribution in [3.63, 3.8) is 0 Å². The summed E-state index contributed by atoms with van der Waals surface area (Å²) in [7, 11) is 0. The Balaban J connectivity index is 1.67. The molecule has 0 aliphatic heterocycles. The van der Waals surface area contributed by atoms with E-state index in [4.69, 9.17) is 4.42 Å². The third-order valence-corrected chi connectivity index (χ3v) is 3.87. The van der Waals surface area contributed by atoms with Crippen molar-refractivity contribution in [2.45, 2.75) is 39.2 Å². The number of furan rings is 1. The molecular formula is C15H22N2O3. The van der Waals surface area contributed by atoms with Gasteiger partial charge in [-0.25, -0.2) is 0 Å². The minimum Gasteiger partial charge on any atom is -0.467 e. The summed E-state index contributed by atoms with van der Waals surface area (Å²) in [5.41, 5.74) is 0. The molecule has 110 valence electrons. The van der Waals surface area contributed by atoms with Crippen LogP contribution in [0.2, 0.25) is 0 Å². The van der Waals surface area contributed by atoms with Gasteiger partial charge in [-0.05, 0) is 43.7 Å². The second-order valence-corrected chi connectivity index (χ2v) is 5.45. The van der Waals surface area contributed by atoms with Crippen LogP contribution in [0, 0.1) is 11.8 Å². The molecule has 0 spiro atoms. The zero-order valence-corrected chi connectivity index (χ0v) is 11.9. The summed E-state index contributed by atoms with van der Waals surface area (Å²) in [5, 5.41) is 5.77.